The number of carbonyl (C=O) groups excluding carboxylic acids is 1. The average molecular weight is 270 g/mol. The minimum absolute atomic E-state index is 0.322. The third-order valence-corrected chi connectivity index (χ3v) is 2.07. The molecule has 0 spiro atoms. The third-order valence-electron chi connectivity index (χ3n) is 2.07. The molecule has 0 aliphatic carbocycles. The van der Waals surface area contributed by atoms with Crippen molar-refractivity contribution in [3.05, 3.63) is 85.3 Å². The van der Waals surface area contributed by atoms with E-state index in [-0.39, 0.29) is 6.03 Å². The van der Waals surface area contributed by atoms with Crippen molar-refractivity contribution < 1.29 is 4.79 Å². The van der Waals surface area contributed by atoms with E-state index >= 15 is 0 Å². The molecule has 3 heteroatoms. The molecule has 0 aromatic carbocycles. The predicted octanol–water partition coefficient (Wildman–Crippen LogP) is 4.13. The highest BCUT2D eigenvalue weighted by Gasteiger charge is 2.01. The van der Waals surface area contributed by atoms with Crippen LogP contribution in [0.15, 0.2) is 85.3 Å². The summed E-state index contributed by atoms with van der Waals surface area (Å²) in [7, 11) is 0. The molecule has 0 saturated carbocycles. The van der Waals surface area contributed by atoms with Gasteiger partial charge in [0.05, 0.1) is 0 Å². The molecular formula is C17H22N2O. The first-order chi connectivity index (χ1) is 9.67. The van der Waals surface area contributed by atoms with Crippen LogP contribution in [-0.4, -0.2) is 6.03 Å². The lowest BCUT2D eigenvalue weighted by molar-refractivity contribution is 0.246. The van der Waals surface area contributed by atoms with Crippen LogP contribution in [0.2, 0.25) is 0 Å². The quantitative estimate of drug-likeness (QED) is 0.671. The summed E-state index contributed by atoms with van der Waals surface area (Å²) in [6.07, 6.45) is 17.7. The highest BCUT2D eigenvalue weighted by molar-refractivity contribution is 5.78. The van der Waals surface area contributed by atoms with Gasteiger partial charge in [-0.2, -0.15) is 0 Å². The number of carbonyl (C=O) groups is 1. The van der Waals surface area contributed by atoms with Crippen molar-refractivity contribution in [2.24, 2.45) is 0 Å². The number of urea groups is 1. The van der Waals surface area contributed by atoms with Gasteiger partial charge in [-0.25, -0.2) is 4.79 Å². The van der Waals surface area contributed by atoms with Gasteiger partial charge in [0.2, 0.25) is 0 Å². The Balaban J connectivity index is 4.73. The van der Waals surface area contributed by atoms with Gasteiger partial charge in [-0.3, -0.25) is 0 Å². The van der Waals surface area contributed by atoms with Crippen LogP contribution in [0.25, 0.3) is 0 Å². The van der Waals surface area contributed by atoms with Crippen LogP contribution in [0, 0.1) is 0 Å². The van der Waals surface area contributed by atoms with Crippen LogP contribution in [-0.2, 0) is 0 Å². The van der Waals surface area contributed by atoms with Gasteiger partial charge in [0.15, 0.2) is 0 Å². The number of nitrogens with one attached hydrogen (secondary N) is 2. The number of amides is 2. The lowest BCUT2D eigenvalue weighted by atomic mass is 10.3. The second-order valence-corrected chi connectivity index (χ2v) is 3.67. The molecule has 20 heavy (non-hydrogen) atoms. The van der Waals surface area contributed by atoms with Crippen molar-refractivity contribution in [3.8, 4) is 0 Å². The topological polar surface area (TPSA) is 41.1 Å². The van der Waals surface area contributed by atoms with Crippen LogP contribution in [0.5, 0.6) is 0 Å². The van der Waals surface area contributed by atoms with Gasteiger partial charge >= 0.3 is 6.03 Å². The van der Waals surface area contributed by atoms with Crippen molar-refractivity contribution >= 4 is 6.03 Å². The first-order valence-electron chi connectivity index (χ1n) is 6.33. The first-order valence-corrected chi connectivity index (χ1v) is 6.33. The number of allylic oxidation sites excluding steroid dienone is 10. The molecule has 0 aromatic heterocycles. The number of hydrogen-bond donors (Lipinski definition) is 2. The SMILES string of the molecule is C=C/C=C\C=C(/C=C)NC(=O)NC(/C=C\C)=C/C=C\C. The largest absolute Gasteiger partial charge is 0.323 e. The van der Waals surface area contributed by atoms with E-state index in [4.69, 9.17) is 0 Å². The lowest BCUT2D eigenvalue weighted by Crippen LogP contribution is -2.33. The van der Waals surface area contributed by atoms with E-state index in [1.54, 1.807) is 30.4 Å². The Morgan fingerprint density at radius 1 is 0.900 bits per heavy atom. The summed E-state index contributed by atoms with van der Waals surface area (Å²) in [6.45, 7) is 11.0. The normalized spacial score (nSPS) is 13.1. The summed E-state index contributed by atoms with van der Waals surface area (Å²) in [5, 5.41) is 5.45. The molecule has 0 aliphatic rings. The van der Waals surface area contributed by atoms with E-state index in [0.29, 0.717) is 11.4 Å². The van der Waals surface area contributed by atoms with Crippen LogP contribution in [0.4, 0.5) is 4.79 Å². The zero-order valence-electron chi connectivity index (χ0n) is 12.1. The third kappa shape index (κ3) is 8.53. The Labute approximate surface area is 121 Å². The molecule has 0 bridgehead atoms. The van der Waals surface area contributed by atoms with Gasteiger partial charge in [0, 0.05) is 11.4 Å². The van der Waals surface area contributed by atoms with Crippen molar-refractivity contribution in [2.75, 3.05) is 0 Å². The lowest BCUT2D eigenvalue weighted by Gasteiger charge is -2.08. The highest BCUT2D eigenvalue weighted by Crippen LogP contribution is 1.96. The monoisotopic (exact) mass is 270 g/mol. The molecule has 0 radical (unpaired) electrons. The molecule has 2 amide bonds. The fourth-order valence-corrected chi connectivity index (χ4v) is 1.21. The van der Waals surface area contributed by atoms with Gasteiger partial charge in [0.25, 0.3) is 0 Å². The fourth-order valence-electron chi connectivity index (χ4n) is 1.21. The van der Waals surface area contributed by atoms with E-state index in [2.05, 4.69) is 23.8 Å². The molecule has 0 aliphatic heterocycles. The van der Waals surface area contributed by atoms with Crippen molar-refractivity contribution in [3.63, 3.8) is 0 Å². The zero-order chi connectivity index (χ0) is 15.2. The molecule has 0 saturated heterocycles. The van der Waals surface area contributed by atoms with E-state index in [9.17, 15) is 4.79 Å². The Kier molecular flexibility index (Phi) is 10.1. The van der Waals surface area contributed by atoms with Crippen LogP contribution in [0.1, 0.15) is 13.8 Å². The molecule has 0 heterocycles. The maximum Gasteiger partial charge on any atom is 0.323 e. The molecule has 0 fully saturated rings. The summed E-state index contributed by atoms with van der Waals surface area (Å²) in [4.78, 5) is 11.8. The van der Waals surface area contributed by atoms with Crippen molar-refractivity contribution in [1.29, 1.82) is 0 Å². The van der Waals surface area contributed by atoms with Crippen molar-refractivity contribution in [1.82, 2.24) is 10.6 Å². The maximum atomic E-state index is 11.8. The molecular weight excluding hydrogens is 248 g/mol. The number of hydrogen-bond acceptors (Lipinski definition) is 1. The van der Waals surface area contributed by atoms with E-state index < -0.39 is 0 Å². The summed E-state index contributed by atoms with van der Waals surface area (Å²) in [5.41, 5.74) is 1.31. The van der Waals surface area contributed by atoms with Gasteiger partial charge in [0.1, 0.15) is 0 Å². The summed E-state index contributed by atoms with van der Waals surface area (Å²) in [6, 6.07) is -0.322. The standard InChI is InChI=1S/C17H22N2O/c1-5-9-11-14-15(8-4)18-17(20)19-16(12-7-3)13-10-6-2/h5-14H,1,4H2,2-3H3,(H2,18,19,20)/b10-6-,11-9-,12-7-,15-14+,16-13+. The summed E-state index contributed by atoms with van der Waals surface area (Å²) in [5.74, 6) is 0. The minimum atomic E-state index is -0.322. The smallest absolute Gasteiger partial charge is 0.308 e. The van der Waals surface area contributed by atoms with E-state index in [1.165, 1.54) is 0 Å². The Morgan fingerprint density at radius 2 is 1.55 bits per heavy atom. The van der Waals surface area contributed by atoms with E-state index in [1.807, 2.05) is 44.2 Å². The second-order valence-electron chi connectivity index (χ2n) is 3.67. The van der Waals surface area contributed by atoms with E-state index in [0.717, 1.165) is 0 Å². The number of rotatable bonds is 7. The van der Waals surface area contributed by atoms with Gasteiger partial charge in [-0.15, -0.1) is 0 Å². The fraction of sp³-hybridized carbons (Fsp3) is 0.118. The molecule has 0 rings (SSSR count). The Hall–Kier alpha value is -2.55. The molecule has 3 nitrogen and oxygen atoms in total. The van der Waals surface area contributed by atoms with Crippen LogP contribution < -0.4 is 10.6 Å². The van der Waals surface area contributed by atoms with Crippen LogP contribution in [0.3, 0.4) is 0 Å². The molecule has 0 unspecified atom stereocenters. The molecule has 106 valence electrons. The summed E-state index contributed by atoms with van der Waals surface area (Å²) >= 11 is 0. The maximum absolute atomic E-state index is 11.8. The zero-order valence-corrected chi connectivity index (χ0v) is 12.1. The highest BCUT2D eigenvalue weighted by atomic mass is 16.2. The first kappa shape index (κ1) is 17.4. The molecule has 0 aromatic rings. The summed E-state index contributed by atoms with van der Waals surface area (Å²) < 4.78 is 0. The van der Waals surface area contributed by atoms with Gasteiger partial charge < -0.3 is 10.6 Å². The van der Waals surface area contributed by atoms with Crippen LogP contribution >= 0.6 is 0 Å². The second kappa shape index (κ2) is 11.5. The van der Waals surface area contributed by atoms with Crippen molar-refractivity contribution in [2.45, 2.75) is 13.8 Å². The predicted molar refractivity (Wildman–Crippen MR) is 87.0 cm³/mol. The molecule has 0 atom stereocenters. The van der Waals surface area contributed by atoms with Gasteiger partial charge in [-0.1, -0.05) is 49.6 Å². The Bertz CT molecular complexity index is 477. The minimum Gasteiger partial charge on any atom is -0.308 e. The van der Waals surface area contributed by atoms with Gasteiger partial charge in [-0.05, 0) is 38.2 Å². The average Bonchev–Trinajstić information content (AvgIpc) is 2.44. The Morgan fingerprint density at radius 3 is 2.10 bits per heavy atom. The molecule has 2 N–H and O–H groups in total.